The van der Waals surface area contributed by atoms with E-state index in [4.69, 9.17) is 8.83 Å². The lowest BCUT2D eigenvalue weighted by Gasteiger charge is -2.10. The van der Waals surface area contributed by atoms with Crippen LogP contribution in [0.2, 0.25) is 0 Å². The first-order valence-electron chi connectivity index (χ1n) is 47.0. The van der Waals surface area contributed by atoms with Crippen LogP contribution in [0.25, 0.3) is 253 Å². The molecule has 21 aromatic carbocycles. The normalized spacial score (nSPS) is 11.7. The van der Waals surface area contributed by atoms with E-state index in [9.17, 15) is 0 Å². The molecule has 0 N–H and O–H groups in total. The highest BCUT2D eigenvalue weighted by Crippen LogP contribution is 2.46. The Hall–Kier alpha value is -16.4. The first-order valence-corrected chi connectivity index (χ1v) is 50.2. The summed E-state index contributed by atoms with van der Waals surface area (Å²) in [7, 11) is 0. The second-order valence-electron chi connectivity index (χ2n) is 35.8. The minimum absolute atomic E-state index is 0.904. The molecule has 0 saturated heterocycles. The maximum atomic E-state index is 6.15. The van der Waals surface area contributed by atoms with E-state index in [2.05, 4.69) is 533 Å². The molecule has 7 heterocycles. The van der Waals surface area contributed by atoms with E-state index in [-0.39, 0.29) is 0 Å². The number of halogens is 3. The van der Waals surface area contributed by atoms with Crippen molar-refractivity contribution in [1.29, 1.82) is 0 Å². The van der Waals surface area contributed by atoms with Crippen molar-refractivity contribution in [1.82, 2.24) is 18.3 Å². The van der Waals surface area contributed by atoms with Crippen LogP contribution in [0.1, 0.15) is 0 Å². The van der Waals surface area contributed by atoms with Gasteiger partial charge in [-0.3, -0.25) is 0 Å². The molecule has 140 heavy (non-hydrogen) atoms. The predicted octanol–water partition coefficient (Wildman–Crippen LogP) is 38.6. The van der Waals surface area contributed by atoms with Crippen molar-refractivity contribution in [3.8, 4) is 122 Å². The minimum Gasteiger partial charge on any atom is -0.456 e. The number of hydrogen-bond acceptors (Lipinski definition) is 3. The van der Waals surface area contributed by atoms with E-state index in [0.717, 1.165) is 85.5 Å². The van der Waals surface area contributed by atoms with Crippen LogP contribution in [0.5, 0.6) is 0 Å². The zero-order valence-corrected chi connectivity index (χ0v) is 81.0. The first kappa shape index (κ1) is 84.1. The van der Waals surface area contributed by atoms with Gasteiger partial charge in [0.05, 0.1) is 44.1 Å². The van der Waals surface area contributed by atoms with Crippen LogP contribution in [-0.2, 0) is 0 Å². The summed E-state index contributed by atoms with van der Waals surface area (Å²) in [6.45, 7) is 0. The molecule has 0 saturated carbocycles. The highest BCUT2D eigenvalue weighted by molar-refractivity contribution is 9.11. The summed E-state index contributed by atoms with van der Waals surface area (Å²) < 4.78 is 25.1. The number of hydrogen-bond donors (Lipinski definition) is 0. The number of benzene rings is 21. The summed E-state index contributed by atoms with van der Waals surface area (Å²) in [6, 6.07) is 177. The minimum atomic E-state index is 0.904. The fourth-order valence-electron chi connectivity index (χ4n) is 20.8. The van der Waals surface area contributed by atoms with Gasteiger partial charge >= 0.3 is 0 Å². The van der Waals surface area contributed by atoms with Gasteiger partial charge in [0, 0.05) is 111 Å². The molecule has 28 rings (SSSR count). The summed E-state index contributed by atoms with van der Waals surface area (Å²) in [6.07, 6.45) is 0. The van der Waals surface area contributed by atoms with Crippen molar-refractivity contribution in [3.63, 3.8) is 0 Å². The third-order valence-corrected chi connectivity index (χ3v) is 30.4. The van der Waals surface area contributed by atoms with Crippen LogP contribution in [0.15, 0.2) is 514 Å². The topological polar surface area (TPSA) is 46.0 Å². The fourth-order valence-corrected chi connectivity index (χ4v) is 22.6. The molecule has 0 atom stereocenters. The quantitative estimate of drug-likeness (QED) is 0.115. The Morgan fingerprint density at radius 3 is 0.686 bits per heavy atom. The molecule has 6 nitrogen and oxygen atoms in total. The molecule has 7 aromatic heterocycles. The highest BCUT2D eigenvalue weighted by Gasteiger charge is 2.23. The number of furan rings is 2. The Morgan fingerprint density at radius 1 is 0.143 bits per heavy atom. The molecule has 0 aliphatic heterocycles. The second kappa shape index (κ2) is 35.3. The molecule has 0 fully saturated rings. The summed E-state index contributed by atoms with van der Waals surface area (Å²) in [4.78, 5) is 2.58. The largest absolute Gasteiger partial charge is 0.456 e. The Labute approximate surface area is 836 Å². The van der Waals surface area contributed by atoms with Gasteiger partial charge in [0.2, 0.25) is 0 Å². The van der Waals surface area contributed by atoms with Crippen LogP contribution in [-0.4, -0.2) is 18.3 Å². The van der Waals surface area contributed by atoms with E-state index in [1.807, 2.05) is 35.6 Å². The van der Waals surface area contributed by atoms with Gasteiger partial charge in [-0.05, 0) is 301 Å². The predicted molar refractivity (Wildman–Crippen MR) is 601 cm³/mol. The molecule has 28 aromatic rings. The maximum Gasteiger partial charge on any atom is 0.135 e. The van der Waals surface area contributed by atoms with Crippen molar-refractivity contribution < 1.29 is 8.83 Å². The fraction of sp³-hybridized carbons (Fsp3) is 0. The zero-order chi connectivity index (χ0) is 93.0. The Morgan fingerprint density at radius 2 is 0.350 bits per heavy atom. The average Bonchev–Trinajstić information content (AvgIpc) is 1.58. The van der Waals surface area contributed by atoms with Crippen molar-refractivity contribution in [2.75, 3.05) is 0 Å². The maximum absolute atomic E-state index is 6.15. The Kier molecular flexibility index (Phi) is 21.2. The Bertz CT molecular complexity index is 9500. The molecule has 0 bridgehead atoms. The molecule has 0 unspecified atom stereocenters. The number of nitrogens with zero attached hydrogens (tertiary/aromatic N) is 4. The van der Waals surface area contributed by atoms with Crippen molar-refractivity contribution in [2.45, 2.75) is 0 Å². The highest BCUT2D eigenvalue weighted by atomic mass is 79.9. The number of thiophene rings is 1. The number of rotatable bonds is 13. The van der Waals surface area contributed by atoms with Gasteiger partial charge in [0.15, 0.2) is 0 Å². The third-order valence-electron chi connectivity index (χ3n) is 27.6. The molecule has 0 amide bonds. The lowest BCUT2D eigenvalue weighted by molar-refractivity contribution is 0.668. The molecule has 660 valence electrons. The zero-order valence-electron chi connectivity index (χ0n) is 75.4. The van der Waals surface area contributed by atoms with Gasteiger partial charge in [-0.1, -0.05) is 327 Å². The number of fused-ring (bicyclic) bond motifs is 18. The summed E-state index contributed by atoms with van der Waals surface area (Å²) in [5, 5.41) is 14.5. The number of aromatic nitrogens is 4. The smallest absolute Gasteiger partial charge is 0.135 e. The lowest BCUT2D eigenvalue weighted by atomic mass is 9.98. The monoisotopic (exact) mass is 2000 g/mol. The van der Waals surface area contributed by atoms with E-state index in [1.54, 1.807) is 0 Å². The van der Waals surface area contributed by atoms with E-state index in [1.165, 1.54) is 181 Å². The molecule has 10 heteroatoms. The van der Waals surface area contributed by atoms with Gasteiger partial charge < -0.3 is 27.1 Å². The molecular formula is C130H81Br3N4O2S. The standard InChI is InChI=1S/C48H28BrNO2.C42H27BrN2.C40H26BrNS/c49-35-17-9-29(10-18-35)30-11-19-36(20-12-30)50-43-21-13-31(33-15-23-47-41(27-33)37-5-1-3-7-45(37)51-47)25-39(43)40-26-32(14-22-44(40)50)34-16-24-48-42(28-34)38-6-2-4-8-46(38)52-48;43-32-20-14-28(15-21-32)29-16-22-34(23-17-29)45-40-13-7-5-11-36(40)38-27-31(19-25-42(38)45)30-18-24-41-37(26-30)35-10-4-6-12-39(35)44(41)33-8-2-1-3-9-33;41-33-19-14-27(15-20-33)28-16-21-34(22-17-28)42-37-9-5-4-8-35(37)36-26-32(18-23-38(36)42)29-10-12-31(13-11-29)40-25-24-39(43-40)30-6-2-1-3-7-30/h1-28H;1-27H;1-26H. The second-order valence-corrected chi connectivity index (χ2v) is 39.6. The van der Waals surface area contributed by atoms with Gasteiger partial charge in [0.1, 0.15) is 22.3 Å². The third kappa shape index (κ3) is 15.2. The molecule has 0 radical (unpaired) electrons. The van der Waals surface area contributed by atoms with Crippen molar-refractivity contribution in [2.24, 2.45) is 0 Å². The molecule has 0 aliphatic rings. The Balaban J connectivity index is 0.000000109. The SMILES string of the molecule is Brc1ccc(-c2ccc(-n3c4ccc(-c5ccc6oc7ccccc7c6c5)cc4c4cc(-c5ccc6oc7ccccc7c6c5)ccc43)cc2)cc1.Brc1ccc(-c2ccc(-n3c4ccccc4c4cc(-c5ccc(-c6ccc(-c7ccccc7)s6)cc5)ccc43)cc2)cc1.Brc1ccc(-c2ccc(-n3c4ccccc4c4cc(-c5ccc6c(c5)c5ccccc5n6-c5ccccc5)ccc43)cc2)cc1. The summed E-state index contributed by atoms with van der Waals surface area (Å²) in [5.41, 5.74) is 37.1. The van der Waals surface area contributed by atoms with Gasteiger partial charge in [-0.15, -0.1) is 11.3 Å². The molecule has 0 spiro atoms. The lowest BCUT2D eigenvalue weighted by Crippen LogP contribution is -1.94. The molecular weight excluding hydrogens is 1920 g/mol. The van der Waals surface area contributed by atoms with Crippen LogP contribution in [0.3, 0.4) is 0 Å². The van der Waals surface area contributed by atoms with Gasteiger partial charge in [-0.25, -0.2) is 0 Å². The van der Waals surface area contributed by atoms with Crippen molar-refractivity contribution in [3.05, 3.63) is 505 Å². The van der Waals surface area contributed by atoms with E-state index in [0.29, 0.717) is 0 Å². The van der Waals surface area contributed by atoms with Gasteiger partial charge in [-0.2, -0.15) is 0 Å². The average molecular weight is 2000 g/mol. The first-order chi connectivity index (χ1) is 69.1. The van der Waals surface area contributed by atoms with E-state index >= 15 is 0 Å². The van der Waals surface area contributed by atoms with E-state index < -0.39 is 0 Å². The number of para-hydroxylation sites is 6. The van der Waals surface area contributed by atoms with Crippen LogP contribution >= 0.6 is 59.1 Å². The summed E-state index contributed by atoms with van der Waals surface area (Å²) in [5.74, 6) is 0. The summed E-state index contributed by atoms with van der Waals surface area (Å²) >= 11 is 12.5. The van der Waals surface area contributed by atoms with Crippen LogP contribution in [0.4, 0.5) is 0 Å². The van der Waals surface area contributed by atoms with Crippen molar-refractivity contribution >= 4 is 190 Å². The molecule has 0 aliphatic carbocycles. The van der Waals surface area contributed by atoms with Crippen LogP contribution < -0.4 is 0 Å². The van der Waals surface area contributed by atoms with Crippen LogP contribution in [0, 0.1) is 0 Å². The van der Waals surface area contributed by atoms with Gasteiger partial charge in [0.25, 0.3) is 0 Å².